The Hall–Kier alpha value is -4.25. The van der Waals surface area contributed by atoms with E-state index in [1.165, 1.54) is 16.0 Å². The lowest BCUT2D eigenvalue weighted by Gasteiger charge is -2.17. The van der Waals surface area contributed by atoms with Crippen molar-refractivity contribution in [1.29, 1.82) is 0 Å². The van der Waals surface area contributed by atoms with E-state index in [1.807, 2.05) is 30.5 Å². The van der Waals surface area contributed by atoms with Crippen LogP contribution >= 0.6 is 11.3 Å². The van der Waals surface area contributed by atoms with Crippen molar-refractivity contribution < 1.29 is 14.3 Å². The molecule has 0 radical (unpaired) electrons. The minimum Gasteiger partial charge on any atom is -0.497 e. The second kappa shape index (κ2) is 10.0. The molecule has 1 fully saturated rings. The van der Waals surface area contributed by atoms with Gasteiger partial charge in [-0.3, -0.25) is 19.4 Å². The van der Waals surface area contributed by atoms with Gasteiger partial charge in [0.1, 0.15) is 17.3 Å². The van der Waals surface area contributed by atoms with Gasteiger partial charge in [-0.25, -0.2) is 4.98 Å². The summed E-state index contributed by atoms with van der Waals surface area (Å²) in [7, 11) is 1.56. The molecule has 4 heterocycles. The Morgan fingerprint density at radius 3 is 2.78 bits per heavy atom. The topological polar surface area (TPSA) is 122 Å². The van der Waals surface area contributed by atoms with Crippen molar-refractivity contribution in [2.75, 3.05) is 23.9 Å². The summed E-state index contributed by atoms with van der Waals surface area (Å²) < 4.78 is 6.69. The number of aryl methyl sites for hydroxylation is 1. The number of H-pyrrole nitrogens is 1. The fourth-order valence-corrected chi connectivity index (χ4v) is 5.11. The van der Waals surface area contributed by atoms with E-state index in [1.54, 1.807) is 43.2 Å². The Kier molecular flexibility index (Phi) is 6.62. The zero-order valence-electron chi connectivity index (χ0n) is 20.6. The van der Waals surface area contributed by atoms with Crippen molar-refractivity contribution in [1.82, 2.24) is 19.7 Å². The zero-order chi connectivity index (χ0) is 26.1. The maximum Gasteiger partial charge on any atom is 0.255 e. The van der Waals surface area contributed by atoms with Gasteiger partial charge in [0.15, 0.2) is 0 Å². The van der Waals surface area contributed by atoms with Gasteiger partial charge in [-0.15, -0.1) is 11.3 Å². The molecular weight excluding hydrogens is 492 g/mol. The van der Waals surface area contributed by atoms with Gasteiger partial charge in [-0.1, -0.05) is 19.1 Å². The maximum absolute atomic E-state index is 13.3. The van der Waals surface area contributed by atoms with E-state index in [0.29, 0.717) is 40.6 Å². The number of rotatable bonds is 7. The van der Waals surface area contributed by atoms with Crippen molar-refractivity contribution >= 4 is 34.7 Å². The molecule has 3 aromatic heterocycles. The molecule has 11 heteroatoms. The molecule has 4 aromatic rings. The molecule has 0 saturated carbocycles. The third-order valence-electron chi connectivity index (χ3n) is 6.36. The fourth-order valence-electron chi connectivity index (χ4n) is 4.43. The molecule has 5 rings (SSSR count). The Balaban J connectivity index is 1.44. The molecule has 2 N–H and O–H groups in total. The average molecular weight is 519 g/mol. The van der Waals surface area contributed by atoms with Gasteiger partial charge in [-0.2, -0.15) is 9.78 Å². The molecule has 1 atom stereocenters. The normalized spacial score (nSPS) is 15.3. The standard InChI is InChI=1S/C26H26N6O4S/c1-4-19-15(2)27-26(29-25(19)35)32-22(13-20(30-32)21-9-6-10-37-21)28-24(34)16-11-23(33)31(14-16)17-7-5-8-18(12-17)36-3/h5-10,12-13,16H,4,11,14H2,1-3H3,(H,28,34)(H,27,29,35). The van der Waals surface area contributed by atoms with Crippen LogP contribution in [0.2, 0.25) is 0 Å². The number of hydrogen-bond acceptors (Lipinski definition) is 7. The summed E-state index contributed by atoms with van der Waals surface area (Å²) in [6, 6.07) is 12.8. The van der Waals surface area contributed by atoms with Crippen LogP contribution in [-0.2, 0) is 16.0 Å². The number of carbonyl (C=O) groups excluding carboxylic acids is 2. The van der Waals surface area contributed by atoms with Crippen LogP contribution in [0.1, 0.15) is 24.6 Å². The lowest BCUT2D eigenvalue weighted by molar-refractivity contribution is -0.122. The summed E-state index contributed by atoms with van der Waals surface area (Å²) in [5.74, 6) is 0.170. The highest BCUT2D eigenvalue weighted by atomic mass is 32.1. The number of carbonyl (C=O) groups is 2. The molecule has 1 aliphatic rings. The van der Waals surface area contributed by atoms with Gasteiger partial charge < -0.3 is 15.0 Å². The first-order chi connectivity index (χ1) is 17.9. The number of benzene rings is 1. The summed E-state index contributed by atoms with van der Waals surface area (Å²) in [6.07, 6.45) is 0.630. The number of methoxy groups -OCH3 is 1. The second-order valence-electron chi connectivity index (χ2n) is 8.71. The second-order valence-corrected chi connectivity index (χ2v) is 9.65. The molecular formula is C26H26N6O4S. The van der Waals surface area contributed by atoms with E-state index >= 15 is 0 Å². The number of anilines is 2. The van der Waals surface area contributed by atoms with Crippen LogP contribution < -0.4 is 20.5 Å². The van der Waals surface area contributed by atoms with Gasteiger partial charge in [-0.05, 0) is 36.9 Å². The van der Waals surface area contributed by atoms with Crippen LogP contribution in [0.25, 0.3) is 16.5 Å². The molecule has 0 aliphatic carbocycles. The van der Waals surface area contributed by atoms with E-state index in [2.05, 4.69) is 20.4 Å². The number of aromatic nitrogens is 4. The van der Waals surface area contributed by atoms with Gasteiger partial charge >= 0.3 is 0 Å². The summed E-state index contributed by atoms with van der Waals surface area (Å²) in [5, 5.41) is 9.48. The van der Waals surface area contributed by atoms with Crippen LogP contribution in [0.5, 0.6) is 5.75 Å². The SMILES string of the molecule is CCc1c(C)nc(-n2nc(-c3cccs3)cc2NC(=O)C2CC(=O)N(c3cccc(OC)c3)C2)[nH]c1=O. The Bertz CT molecular complexity index is 1520. The van der Waals surface area contributed by atoms with Crippen LogP contribution in [0.15, 0.2) is 52.6 Å². The Morgan fingerprint density at radius 2 is 2.08 bits per heavy atom. The van der Waals surface area contributed by atoms with Crippen molar-refractivity contribution in [2.24, 2.45) is 5.92 Å². The molecule has 190 valence electrons. The minimum atomic E-state index is -0.566. The first kappa shape index (κ1) is 24.4. The largest absolute Gasteiger partial charge is 0.497 e. The lowest BCUT2D eigenvalue weighted by atomic mass is 10.1. The number of nitrogens with one attached hydrogen (secondary N) is 2. The van der Waals surface area contributed by atoms with E-state index in [4.69, 9.17) is 4.74 Å². The summed E-state index contributed by atoms with van der Waals surface area (Å²) in [6.45, 7) is 3.91. The quantitative estimate of drug-likeness (QED) is 0.386. The van der Waals surface area contributed by atoms with Gasteiger partial charge in [0, 0.05) is 42.0 Å². The van der Waals surface area contributed by atoms with Crippen molar-refractivity contribution in [2.45, 2.75) is 26.7 Å². The monoisotopic (exact) mass is 518 g/mol. The van der Waals surface area contributed by atoms with E-state index in [0.717, 1.165) is 4.88 Å². The molecule has 0 bridgehead atoms. The minimum absolute atomic E-state index is 0.0777. The highest BCUT2D eigenvalue weighted by Crippen LogP contribution is 2.30. The molecule has 10 nitrogen and oxygen atoms in total. The van der Waals surface area contributed by atoms with Crippen molar-refractivity contribution in [3.05, 3.63) is 69.5 Å². The number of amides is 2. The average Bonchev–Trinajstić information content (AvgIpc) is 3.64. The first-order valence-electron chi connectivity index (χ1n) is 11.9. The molecule has 1 aromatic carbocycles. The third-order valence-corrected chi connectivity index (χ3v) is 7.25. The number of ether oxygens (including phenoxy) is 1. The molecule has 37 heavy (non-hydrogen) atoms. The van der Waals surface area contributed by atoms with Crippen LogP contribution in [0.3, 0.4) is 0 Å². The van der Waals surface area contributed by atoms with Crippen LogP contribution in [0.4, 0.5) is 11.5 Å². The van der Waals surface area contributed by atoms with E-state index in [9.17, 15) is 14.4 Å². The maximum atomic E-state index is 13.3. The zero-order valence-corrected chi connectivity index (χ0v) is 21.5. The first-order valence-corrected chi connectivity index (χ1v) is 12.7. The highest BCUT2D eigenvalue weighted by Gasteiger charge is 2.36. The predicted octanol–water partition coefficient (Wildman–Crippen LogP) is 3.56. The van der Waals surface area contributed by atoms with Gasteiger partial charge in [0.25, 0.3) is 5.56 Å². The van der Waals surface area contributed by atoms with E-state index < -0.39 is 5.92 Å². The fraction of sp³-hybridized carbons (Fsp3) is 0.269. The van der Waals surface area contributed by atoms with Gasteiger partial charge in [0.05, 0.1) is 17.9 Å². The Labute approximate surface area is 216 Å². The summed E-state index contributed by atoms with van der Waals surface area (Å²) in [5.41, 5.74) is 2.26. The summed E-state index contributed by atoms with van der Waals surface area (Å²) >= 11 is 1.51. The number of hydrogen-bond donors (Lipinski definition) is 2. The number of thiophene rings is 1. The van der Waals surface area contributed by atoms with E-state index in [-0.39, 0.29) is 36.3 Å². The van der Waals surface area contributed by atoms with Gasteiger partial charge in [0.2, 0.25) is 17.8 Å². The molecule has 2 amide bonds. The molecule has 1 unspecified atom stereocenters. The van der Waals surface area contributed by atoms with Crippen LogP contribution in [0, 0.1) is 12.8 Å². The highest BCUT2D eigenvalue weighted by molar-refractivity contribution is 7.13. The summed E-state index contributed by atoms with van der Waals surface area (Å²) in [4.78, 5) is 48.5. The third kappa shape index (κ3) is 4.77. The molecule has 1 saturated heterocycles. The Morgan fingerprint density at radius 1 is 1.24 bits per heavy atom. The van der Waals surface area contributed by atoms with Crippen molar-refractivity contribution in [3.63, 3.8) is 0 Å². The smallest absolute Gasteiger partial charge is 0.255 e. The molecule has 1 aliphatic heterocycles. The number of nitrogens with zero attached hydrogens (tertiary/aromatic N) is 4. The number of aromatic amines is 1. The lowest BCUT2D eigenvalue weighted by Crippen LogP contribution is -2.29. The molecule has 0 spiro atoms. The predicted molar refractivity (Wildman–Crippen MR) is 141 cm³/mol. The van der Waals surface area contributed by atoms with Crippen LogP contribution in [-0.4, -0.2) is 45.2 Å². The van der Waals surface area contributed by atoms with Crippen molar-refractivity contribution in [3.8, 4) is 22.3 Å².